The van der Waals surface area contributed by atoms with Crippen LogP contribution in [0, 0.1) is 17.8 Å². The summed E-state index contributed by atoms with van der Waals surface area (Å²) in [5.41, 5.74) is 3.56. The normalized spacial score (nSPS) is 32.8. The van der Waals surface area contributed by atoms with Gasteiger partial charge in [0.05, 0.1) is 18.4 Å². The number of amides is 1. The number of halogens is 1. The number of carbonyl (C=O) groups is 1. The first-order valence-corrected chi connectivity index (χ1v) is 17.2. The van der Waals surface area contributed by atoms with Gasteiger partial charge in [-0.15, -0.1) is 4.36 Å². The lowest BCUT2D eigenvalue weighted by Gasteiger charge is -2.42. The van der Waals surface area contributed by atoms with Gasteiger partial charge in [-0.3, -0.25) is 4.79 Å². The van der Waals surface area contributed by atoms with Crippen LogP contribution in [0.3, 0.4) is 0 Å². The van der Waals surface area contributed by atoms with Crippen LogP contribution in [-0.2, 0) is 26.5 Å². The molecule has 0 radical (unpaired) electrons. The Morgan fingerprint density at radius 1 is 1.24 bits per heavy atom. The summed E-state index contributed by atoms with van der Waals surface area (Å²) in [4.78, 5) is 15.7. The summed E-state index contributed by atoms with van der Waals surface area (Å²) in [6.45, 7) is 8.51. The highest BCUT2D eigenvalue weighted by Crippen LogP contribution is 2.45. The van der Waals surface area contributed by atoms with E-state index >= 15 is 0 Å². The number of methoxy groups -OCH3 is 1. The predicted octanol–water partition coefficient (Wildman–Crippen LogP) is 6.57. The second kappa shape index (κ2) is 12.7. The number of benzene rings is 2. The van der Waals surface area contributed by atoms with Crippen molar-refractivity contribution >= 4 is 33.1 Å². The van der Waals surface area contributed by atoms with E-state index in [0.29, 0.717) is 18.6 Å². The van der Waals surface area contributed by atoms with E-state index in [1.54, 1.807) is 13.2 Å². The number of aryl methyl sites for hydroxylation is 1. The number of ether oxygens (including phenoxy) is 2. The van der Waals surface area contributed by atoms with E-state index in [2.05, 4.69) is 47.4 Å². The molecule has 1 spiro atoms. The second-order valence-electron chi connectivity index (χ2n) is 12.6. The number of hydrogen-bond acceptors (Lipinski definition) is 5. The number of fused-ring (bicyclic) bond motifs is 3. The van der Waals surface area contributed by atoms with Crippen LogP contribution >= 0.6 is 11.6 Å². The summed E-state index contributed by atoms with van der Waals surface area (Å²) in [6.07, 6.45) is 8.85. The van der Waals surface area contributed by atoms with Crippen molar-refractivity contribution in [2.75, 3.05) is 37.5 Å². The van der Waals surface area contributed by atoms with Crippen molar-refractivity contribution in [1.82, 2.24) is 0 Å². The number of rotatable bonds is 2. The van der Waals surface area contributed by atoms with E-state index in [1.165, 1.54) is 11.1 Å². The molecule has 3 aliphatic rings. The molecule has 0 fully saturated rings. The Labute approximate surface area is 256 Å². The van der Waals surface area contributed by atoms with Gasteiger partial charge in [0.1, 0.15) is 15.7 Å². The van der Waals surface area contributed by atoms with Gasteiger partial charge in [-0.05, 0) is 84.9 Å². The van der Waals surface area contributed by atoms with Gasteiger partial charge in [-0.1, -0.05) is 57.0 Å². The third-order valence-electron chi connectivity index (χ3n) is 9.31. The lowest BCUT2D eigenvalue weighted by atomic mass is 9.70. The average Bonchev–Trinajstić information content (AvgIpc) is 3.08. The van der Waals surface area contributed by atoms with Crippen LogP contribution in [0.1, 0.15) is 67.9 Å². The SMILES string of the molecule is CC[C@H]1[C@@H](OC)/C=C/C[C@H](C)CS(N)(=O)=NC(=O)c2ccc3c(c2)N(C[C@@H]1C)C[C@@]1(CCCc2cc(Cl)ccc21)CO3. The van der Waals surface area contributed by atoms with Crippen molar-refractivity contribution in [3.8, 4) is 5.75 Å². The van der Waals surface area contributed by atoms with Crippen LogP contribution in [0.4, 0.5) is 5.69 Å². The number of anilines is 1. The maximum absolute atomic E-state index is 13.3. The zero-order valence-corrected chi connectivity index (χ0v) is 26.8. The molecule has 1 amide bonds. The lowest BCUT2D eigenvalue weighted by Crippen LogP contribution is -2.47. The summed E-state index contributed by atoms with van der Waals surface area (Å²) in [5.74, 6) is 0.859. The molecule has 0 saturated heterocycles. The molecule has 42 heavy (non-hydrogen) atoms. The van der Waals surface area contributed by atoms with Crippen molar-refractivity contribution in [2.24, 2.45) is 27.3 Å². The van der Waals surface area contributed by atoms with Crippen LogP contribution < -0.4 is 14.8 Å². The minimum atomic E-state index is -3.20. The molecule has 2 aromatic carbocycles. The van der Waals surface area contributed by atoms with Crippen LogP contribution in [-0.4, -0.2) is 48.8 Å². The first-order chi connectivity index (χ1) is 20.0. The monoisotopic (exact) mass is 613 g/mol. The third-order valence-corrected chi connectivity index (χ3v) is 11.1. The maximum Gasteiger partial charge on any atom is 0.286 e. The van der Waals surface area contributed by atoms with Gasteiger partial charge in [-0.2, -0.15) is 0 Å². The molecule has 5 rings (SSSR count). The minimum absolute atomic E-state index is 0.00131. The molecule has 1 aliphatic carbocycles. The number of allylic oxidation sites excluding steroid dienone is 1. The first kappa shape index (κ1) is 31.0. The average molecular weight is 614 g/mol. The minimum Gasteiger partial charge on any atom is -0.490 e. The molecule has 7 nitrogen and oxygen atoms in total. The Bertz CT molecular complexity index is 1470. The molecule has 2 heterocycles. The molecule has 228 valence electrons. The van der Waals surface area contributed by atoms with Crippen molar-refractivity contribution < 1.29 is 18.5 Å². The lowest BCUT2D eigenvalue weighted by molar-refractivity contribution is 0.0637. The zero-order valence-electron chi connectivity index (χ0n) is 25.2. The van der Waals surface area contributed by atoms with Gasteiger partial charge >= 0.3 is 0 Å². The maximum atomic E-state index is 13.3. The largest absolute Gasteiger partial charge is 0.490 e. The summed E-state index contributed by atoms with van der Waals surface area (Å²) >= 11 is 6.41. The van der Waals surface area contributed by atoms with Gasteiger partial charge in [0, 0.05) is 42.0 Å². The molecule has 1 unspecified atom stereocenters. The molecule has 0 aromatic heterocycles. The van der Waals surface area contributed by atoms with Crippen molar-refractivity contribution in [3.63, 3.8) is 0 Å². The predicted molar refractivity (Wildman–Crippen MR) is 171 cm³/mol. The Hall–Kier alpha value is -2.39. The highest BCUT2D eigenvalue weighted by atomic mass is 35.5. The van der Waals surface area contributed by atoms with Crippen molar-refractivity contribution in [1.29, 1.82) is 0 Å². The van der Waals surface area contributed by atoms with E-state index in [4.69, 9.17) is 26.2 Å². The van der Waals surface area contributed by atoms with Crippen LogP contribution in [0.15, 0.2) is 52.9 Å². The molecule has 0 saturated carbocycles. The van der Waals surface area contributed by atoms with Crippen LogP contribution in [0.5, 0.6) is 5.75 Å². The van der Waals surface area contributed by atoms with Gasteiger partial charge in [0.25, 0.3) is 5.91 Å². The van der Waals surface area contributed by atoms with Gasteiger partial charge in [0.15, 0.2) is 0 Å². The summed E-state index contributed by atoms with van der Waals surface area (Å²) < 4.78 is 29.8. The van der Waals surface area contributed by atoms with Gasteiger partial charge in [0.2, 0.25) is 0 Å². The van der Waals surface area contributed by atoms with Crippen LogP contribution in [0.25, 0.3) is 0 Å². The molecule has 2 N–H and O–H groups in total. The highest BCUT2D eigenvalue weighted by molar-refractivity contribution is 7.91. The number of hydrogen-bond donors (Lipinski definition) is 1. The first-order valence-electron chi connectivity index (χ1n) is 15.1. The van der Waals surface area contributed by atoms with Gasteiger partial charge < -0.3 is 14.4 Å². The summed E-state index contributed by atoms with van der Waals surface area (Å²) in [6, 6.07) is 11.6. The highest BCUT2D eigenvalue weighted by Gasteiger charge is 2.42. The molecule has 2 bridgehead atoms. The van der Waals surface area contributed by atoms with E-state index in [-0.39, 0.29) is 35.0 Å². The van der Waals surface area contributed by atoms with E-state index in [1.807, 2.05) is 25.1 Å². The fourth-order valence-electron chi connectivity index (χ4n) is 7.24. The van der Waals surface area contributed by atoms with E-state index in [0.717, 1.165) is 55.2 Å². The standard InChI is InChI=1S/C33H44ClN3O4S/c1-5-27-23(3)18-37-20-33(15-7-9-24-16-26(34)12-13-28(24)33)21-41-31-14-11-25(17-29(31)37)32(38)36-42(35,39)19-22(2)8-6-10-30(27)40-4/h6,10-14,16-17,22-23,27,30H,5,7-9,15,18-21H2,1-4H3,(H2,35,36,38,39)/b10-6+/t22-,23-,27+,30-,33-,42?/m0/s1. The molecular weight excluding hydrogens is 570 g/mol. The molecule has 6 atom stereocenters. The molecular formula is C33H44ClN3O4S. The van der Waals surface area contributed by atoms with Crippen molar-refractivity contribution in [2.45, 2.75) is 64.4 Å². The van der Waals surface area contributed by atoms with Crippen LogP contribution in [0.2, 0.25) is 5.02 Å². The number of nitrogens with zero attached hydrogens (tertiary/aromatic N) is 2. The Morgan fingerprint density at radius 2 is 2.05 bits per heavy atom. The van der Waals surface area contributed by atoms with Crippen molar-refractivity contribution in [3.05, 3.63) is 70.3 Å². The quantitative estimate of drug-likeness (QED) is 0.387. The number of carbonyl (C=O) groups excluding carboxylic acids is 1. The Kier molecular flexibility index (Phi) is 9.38. The smallest absolute Gasteiger partial charge is 0.286 e. The van der Waals surface area contributed by atoms with E-state index in [9.17, 15) is 9.00 Å². The molecule has 2 aliphatic heterocycles. The fourth-order valence-corrected chi connectivity index (χ4v) is 8.84. The molecule has 2 aromatic rings. The Morgan fingerprint density at radius 3 is 2.81 bits per heavy atom. The second-order valence-corrected chi connectivity index (χ2v) is 14.9. The number of nitrogens with two attached hydrogens (primary N) is 1. The Balaban J connectivity index is 1.63. The topological polar surface area (TPSA) is 94.2 Å². The fraction of sp³-hybridized carbons (Fsp3) is 0.545. The van der Waals surface area contributed by atoms with E-state index < -0.39 is 15.8 Å². The van der Waals surface area contributed by atoms with Gasteiger partial charge in [-0.25, -0.2) is 9.35 Å². The summed E-state index contributed by atoms with van der Waals surface area (Å²) in [7, 11) is -1.43. The third kappa shape index (κ3) is 6.57. The molecule has 9 heteroatoms. The summed E-state index contributed by atoms with van der Waals surface area (Å²) in [5, 5.41) is 6.85. The zero-order chi connectivity index (χ0) is 30.1.